The Hall–Kier alpha value is -1.37. The average molecular weight is 342 g/mol. The highest BCUT2D eigenvalue weighted by molar-refractivity contribution is 5.37. The number of anilines is 1. The molecule has 1 saturated carbocycles. The van der Waals surface area contributed by atoms with Gasteiger partial charge in [0.2, 0.25) is 0 Å². The molecule has 0 aromatic carbocycles. The number of halogens is 3. The fourth-order valence-electron chi connectivity index (χ4n) is 3.82. The topological polar surface area (TPSA) is 41.0 Å². The van der Waals surface area contributed by atoms with Gasteiger partial charge in [0.1, 0.15) is 5.82 Å². The van der Waals surface area contributed by atoms with Gasteiger partial charge in [-0.05, 0) is 31.6 Å². The van der Waals surface area contributed by atoms with Crippen LogP contribution in [0.15, 0.2) is 12.4 Å². The molecule has 7 heteroatoms. The summed E-state index contributed by atoms with van der Waals surface area (Å²) in [5.74, 6) is 1.23. The summed E-state index contributed by atoms with van der Waals surface area (Å²) < 4.78 is 37.8. The summed E-state index contributed by atoms with van der Waals surface area (Å²) in [4.78, 5) is 9.55. The van der Waals surface area contributed by atoms with E-state index in [0.717, 1.165) is 32.1 Å². The van der Waals surface area contributed by atoms with Gasteiger partial charge in [-0.3, -0.25) is 0 Å². The van der Waals surface area contributed by atoms with Gasteiger partial charge in [-0.25, -0.2) is 9.97 Å². The zero-order chi connectivity index (χ0) is 17.2. The van der Waals surface area contributed by atoms with Gasteiger partial charge >= 0.3 is 6.18 Å². The molecular formula is C17H25F3N4. The third kappa shape index (κ3) is 4.18. The Morgan fingerprint density at radius 3 is 2.54 bits per heavy atom. The molecule has 2 heterocycles. The second-order valence-electron chi connectivity index (χ2n) is 7.08. The molecule has 3 atom stereocenters. The molecule has 134 valence electrons. The molecule has 1 aromatic rings. The number of rotatable bonds is 3. The Labute approximate surface area is 140 Å². The molecule has 3 unspecified atom stereocenters. The lowest BCUT2D eigenvalue weighted by Crippen LogP contribution is -2.51. The Morgan fingerprint density at radius 1 is 1.08 bits per heavy atom. The lowest BCUT2D eigenvalue weighted by atomic mass is 9.85. The number of hydrogen-bond donors (Lipinski definition) is 1. The van der Waals surface area contributed by atoms with Gasteiger partial charge in [0.15, 0.2) is 5.69 Å². The number of aromatic nitrogens is 2. The lowest BCUT2D eigenvalue weighted by molar-refractivity contribution is -0.141. The lowest BCUT2D eigenvalue weighted by Gasteiger charge is -2.38. The highest BCUT2D eigenvalue weighted by Crippen LogP contribution is 2.28. The fourth-order valence-corrected chi connectivity index (χ4v) is 3.82. The number of nitrogens with one attached hydrogen (secondary N) is 1. The minimum Gasteiger partial charge on any atom is -0.354 e. The van der Waals surface area contributed by atoms with Crippen molar-refractivity contribution in [1.29, 1.82) is 0 Å². The maximum absolute atomic E-state index is 12.6. The monoisotopic (exact) mass is 342 g/mol. The van der Waals surface area contributed by atoms with E-state index >= 15 is 0 Å². The number of hydrogen-bond acceptors (Lipinski definition) is 4. The van der Waals surface area contributed by atoms with Crippen LogP contribution in [0, 0.1) is 5.92 Å². The van der Waals surface area contributed by atoms with Crippen molar-refractivity contribution in [2.24, 2.45) is 5.92 Å². The maximum atomic E-state index is 12.6. The third-order valence-electron chi connectivity index (χ3n) is 5.24. The predicted octanol–water partition coefficient (Wildman–Crippen LogP) is 3.63. The number of piperidine rings is 1. The molecule has 24 heavy (non-hydrogen) atoms. The van der Waals surface area contributed by atoms with Crippen LogP contribution in [0.3, 0.4) is 0 Å². The highest BCUT2D eigenvalue weighted by atomic mass is 19.4. The van der Waals surface area contributed by atoms with Crippen molar-refractivity contribution in [1.82, 2.24) is 15.3 Å². The molecule has 0 amide bonds. The summed E-state index contributed by atoms with van der Waals surface area (Å²) in [5.41, 5.74) is -0.936. The van der Waals surface area contributed by atoms with Crippen molar-refractivity contribution in [3.8, 4) is 0 Å². The SMILES string of the molecule is CC1CCCCC1NC1CCCN(c2cnc(C(F)(F)F)cn2)C1. The fraction of sp³-hybridized carbons (Fsp3) is 0.765. The molecule has 2 fully saturated rings. The first-order valence-electron chi connectivity index (χ1n) is 8.83. The summed E-state index contributed by atoms with van der Waals surface area (Å²) in [7, 11) is 0. The van der Waals surface area contributed by atoms with Crippen molar-refractivity contribution in [3.63, 3.8) is 0 Å². The Bertz CT molecular complexity index is 532. The second kappa shape index (κ2) is 7.25. The van der Waals surface area contributed by atoms with E-state index in [1.54, 1.807) is 0 Å². The maximum Gasteiger partial charge on any atom is 0.434 e. The standard InChI is InChI=1S/C17H25F3N4/c1-12-5-2-3-7-14(12)23-13-6-4-8-24(11-13)16-10-21-15(9-22-16)17(18,19)20/h9-10,12-14,23H,2-8,11H2,1H3. The largest absolute Gasteiger partial charge is 0.434 e. The molecule has 0 radical (unpaired) electrons. The number of alkyl halides is 3. The Morgan fingerprint density at radius 2 is 1.88 bits per heavy atom. The van der Waals surface area contributed by atoms with Gasteiger partial charge in [0.05, 0.1) is 12.4 Å². The van der Waals surface area contributed by atoms with Crippen molar-refractivity contribution in [3.05, 3.63) is 18.1 Å². The van der Waals surface area contributed by atoms with Crippen molar-refractivity contribution in [2.45, 2.75) is 63.7 Å². The van der Waals surface area contributed by atoms with Gasteiger partial charge in [0, 0.05) is 25.2 Å². The van der Waals surface area contributed by atoms with Crippen molar-refractivity contribution < 1.29 is 13.2 Å². The van der Waals surface area contributed by atoms with E-state index in [1.807, 2.05) is 4.90 Å². The van der Waals surface area contributed by atoms with Crippen LogP contribution in [-0.4, -0.2) is 35.1 Å². The van der Waals surface area contributed by atoms with Crippen molar-refractivity contribution in [2.75, 3.05) is 18.0 Å². The molecule has 0 bridgehead atoms. The Balaban J connectivity index is 1.60. The van der Waals surface area contributed by atoms with Gasteiger partial charge in [-0.1, -0.05) is 19.8 Å². The van der Waals surface area contributed by atoms with Crippen LogP contribution in [0.1, 0.15) is 51.1 Å². The molecule has 3 rings (SSSR count). The van der Waals surface area contributed by atoms with E-state index in [4.69, 9.17) is 0 Å². The second-order valence-corrected chi connectivity index (χ2v) is 7.08. The zero-order valence-corrected chi connectivity index (χ0v) is 14.0. The molecular weight excluding hydrogens is 317 g/mol. The van der Waals surface area contributed by atoms with Gasteiger partial charge < -0.3 is 10.2 Å². The van der Waals surface area contributed by atoms with Gasteiger partial charge in [-0.15, -0.1) is 0 Å². The molecule has 0 spiro atoms. The third-order valence-corrected chi connectivity index (χ3v) is 5.24. The van der Waals surface area contributed by atoms with E-state index in [-0.39, 0.29) is 0 Å². The van der Waals surface area contributed by atoms with Crippen molar-refractivity contribution >= 4 is 5.82 Å². The first kappa shape index (κ1) is 17.5. The summed E-state index contributed by atoms with van der Waals surface area (Å²) in [6.07, 6.45) is 4.85. The molecule has 4 nitrogen and oxygen atoms in total. The molecule has 1 saturated heterocycles. The van der Waals surface area contributed by atoms with Crippen LogP contribution in [0.4, 0.5) is 19.0 Å². The van der Waals surface area contributed by atoms with Crippen LogP contribution in [-0.2, 0) is 6.18 Å². The quantitative estimate of drug-likeness (QED) is 0.911. The Kier molecular flexibility index (Phi) is 5.27. The van der Waals surface area contributed by atoms with Crippen LogP contribution in [0.5, 0.6) is 0 Å². The average Bonchev–Trinajstić information content (AvgIpc) is 2.57. The molecule has 1 aliphatic carbocycles. The van der Waals surface area contributed by atoms with E-state index in [1.165, 1.54) is 31.9 Å². The first-order chi connectivity index (χ1) is 11.4. The van der Waals surface area contributed by atoms with E-state index < -0.39 is 11.9 Å². The summed E-state index contributed by atoms with van der Waals surface area (Å²) >= 11 is 0. The zero-order valence-electron chi connectivity index (χ0n) is 14.0. The highest BCUT2D eigenvalue weighted by Gasteiger charge is 2.33. The summed E-state index contributed by atoms with van der Waals surface area (Å²) in [5, 5.41) is 3.77. The first-order valence-corrected chi connectivity index (χ1v) is 8.83. The normalized spacial score (nSPS) is 28.8. The molecule has 2 aliphatic rings. The van der Waals surface area contributed by atoms with Gasteiger partial charge in [-0.2, -0.15) is 13.2 Å². The molecule has 1 aromatic heterocycles. The summed E-state index contributed by atoms with van der Waals surface area (Å²) in [6.45, 7) is 3.90. The smallest absolute Gasteiger partial charge is 0.354 e. The molecule has 1 aliphatic heterocycles. The number of nitrogens with zero attached hydrogens (tertiary/aromatic N) is 3. The molecule has 1 N–H and O–H groups in total. The predicted molar refractivity (Wildman–Crippen MR) is 86.8 cm³/mol. The summed E-state index contributed by atoms with van der Waals surface area (Å²) in [6, 6.07) is 0.927. The van der Waals surface area contributed by atoms with Gasteiger partial charge in [0.25, 0.3) is 0 Å². The van der Waals surface area contributed by atoms with Crippen LogP contribution in [0.2, 0.25) is 0 Å². The van der Waals surface area contributed by atoms with E-state index in [9.17, 15) is 13.2 Å². The minimum atomic E-state index is -4.44. The minimum absolute atomic E-state index is 0.369. The van der Waals surface area contributed by atoms with E-state index in [0.29, 0.717) is 23.8 Å². The van der Waals surface area contributed by atoms with Crippen LogP contribution in [0.25, 0.3) is 0 Å². The van der Waals surface area contributed by atoms with Crippen LogP contribution >= 0.6 is 0 Å². The van der Waals surface area contributed by atoms with E-state index in [2.05, 4.69) is 22.2 Å². The van der Waals surface area contributed by atoms with Crippen LogP contribution < -0.4 is 10.2 Å².